The van der Waals surface area contributed by atoms with Crippen molar-refractivity contribution in [2.24, 2.45) is 0 Å². The molecule has 1 fully saturated rings. The number of nitrogens with zero attached hydrogens (tertiary/aromatic N) is 5. The fourth-order valence-corrected chi connectivity index (χ4v) is 6.11. The van der Waals surface area contributed by atoms with E-state index in [0.29, 0.717) is 36.7 Å². The maximum absolute atomic E-state index is 15.3. The Bertz CT molecular complexity index is 2140. The van der Waals surface area contributed by atoms with Gasteiger partial charge >= 0.3 is 5.97 Å². The van der Waals surface area contributed by atoms with Crippen LogP contribution >= 0.6 is 11.6 Å². The molecular formula is C35H29ClFN5O4. The van der Waals surface area contributed by atoms with Crippen molar-refractivity contribution in [3.63, 3.8) is 0 Å². The number of amides is 1. The first kappa shape index (κ1) is 30.6. The summed E-state index contributed by atoms with van der Waals surface area (Å²) < 4.78 is 19.0. The number of rotatable bonds is 7. The molecule has 46 heavy (non-hydrogen) atoms. The Kier molecular flexibility index (Phi) is 8.35. The highest BCUT2D eigenvalue weighted by Crippen LogP contribution is 2.28. The van der Waals surface area contributed by atoms with Crippen molar-refractivity contribution in [1.82, 2.24) is 14.0 Å². The lowest BCUT2D eigenvalue weighted by atomic mass is 10.1. The number of carbonyl (C=O) groups excluding carboxylic acids is 1. The summed E-state index contributed by atoms with van der Waals surface area (Å²) in [7, 11) is 0. The second-order valence-corrected chi connectivity index (χ2v) is 11.5. The van der Waals surface area contributed by atoms with E-state index < -0.39 is 28.7 Å². The minimum atomic E-state index is -1.37. The molecule has 5 aromatic rings. The topological polar surface area (TPSA) is 112 Å². The first-order valence-electron chi connectivity index (χ1n) is 14.8. The summed E-state index contributed by atoms with van der Waals surface area (Å²) in [5.41, 5.74) is 2.30. The van der Waals surface area contributed by atoms with Gasteiger partial charge in [0.05, 0.1) is 11.2 Å². The van der Waals surface area contributed by atoms with E-state index in [0.717, 1.165) is 28.1 Å². The third-order valence-electron chi connectivity index (χ3n) is 8.36. The van der Waals surface area contributed by atoms with Crippen molar-refractivity contribution < 1.29 is 19.1 Å². The highest BCUT2D eigenvalue weighted by atomic mass is 35.5. The number of carbonyl (C=O) groups is 2. The van der Waals surface area contributed by atoms with Gasteiger partial charge in [0.1, 0.15) is 23.0 Å². The standard InChI is InChI=1S/C35H29ClFN5O4/c1-2-39-21-28(35(45)46)33(43)27-16-29(37)32(17-31(27)39)40-11-13-41(14-12-40)34(44)23(18-38)15-24-20-42(30-6-4-3-5-26(24)30)19-22-7-9-25(36)10-8-22/h3-10,15-17,20-21H,2,11-14,19H2,1H3,(H,45,46)/b23-15+. The van der Waals surface area contributed by atoms with Crippen LogP contribution in [-0.4, -0.2) is 57.2 Å². The molecule has 3 heterocycles. The highest BCUT2D eigenvalue weighted by molar-refractivity contribution is 6.30. The molecule has 0 saturated carbocycles. The number of piperazine rings is 1. The molecule has 11 heteroatoms. The van der Waals surface area contributed by atoms with E-state index in [1.165, 1.54) is 6.20 Å². The fraction of sp³-hybridized carbons (Fsp3) is 0.200. The Morgan fingerprint density at radius 1 is 0.978 bits per heavy atom. The Morgan fingerprint density at radius 3 is 2.37 bits per heavy atom. The van der Waals surface area contributed by atoms with Crippen LogP contribution in [0, 0.1) is 17.1 Å². The molecule has 1 amide bonds. The number of pyridine rings is 1. The third kappa shape index (κ3) is 5.73. The SMILES string of the molecule is CCn1cc(C(=O)O)c(=O)c2cc(F)c(N3CCN(C(=O)/C(C#N)=C/c4cn(Cc5ccc(Cl)cc5)c5ccccc45)CC3)cc21. The average Bonchev–Trinajstić information content (AvgIpc) is 3.41. The van der Waals surface area contributed by atoms with Crippen molar-refractivity contribution in [2.75, 3.05) is 31.1 Å². The number of para-hydroxylation sites is 1. The Balaban J connectivity index is 1.23. The first-order chi connectivity index (χ1) is 22.2. The van der Waals surface area contributed by atoms with Gasteiger partial charge < -0.3 is 24.0 Å². The van der Waals surface area contributed by atoms with E-state index in [-0.39, 0.29) is 29.7 Å². The summed E-state index contributed by atoms with van der Waals surface area (Å²) >= 11 is 6.05. The van der Waals surface area contributed by atoms with Crippen LogP contribution in [0.4, 0.5) is 10.1 Å². The second-order valence-electron chi connectivity index (χ2n) is 11.1. The summed E-state index contributed by atoms with van der Waals surface area (Å²) in [5.74, 6) is -2.42. The number of aromatic nitrogens is 2. The summed E-state index contributed by atoms with van der Waals surface area (Å²) in [6.45, 7) is 3.89. The zero-order valence-electron chi connectivity index (χ0n) is 24.9. The molecule has 1 saturated heterocycles. The number of halogens is 2. The van der Waals surface area contributed by atoms with Crippen molar-refractivity contribution in [3.8, 4) is 6.07 Å². The van der Waals surface area contributed by atoms with Gasteiger partial charge in [-0.05, 0) is 48.9 Å². The molecule has 1 aliphatic rings. The maximum Gasteiger partial charge on any atom is 0.341 e. The molecule has 1 N–H and O–H groups in total. The highest BCUT2D eigenvalue weighted by Gasteiger charge is 2.26. The number of aryl methyl sites for hydroxylation is 1. The molecule has 232 valence electrons. The lowest BCUT2D eigenvalue weighted by Gasteiger charge is -2.36. The molecule has 6 rings (SSSR count). The van der Waals surface area contributed by atoms with E-state index in [1.807, 2.05) is 54.7 Å². The van der Waals surface area contributed by atoms with Crippen LogP contribution in [0.5, 0.6) is 0 Å². The molecular weight excluding hydrogens is 609 g/mol. The van der Waals surface area contributed by atoms with E-state index in [4.69, 9.17) is 11.6 Å². The summed E-state index contributed by atoms with van der Waals surface area (Å²) in [6.07, 6.45) is 4.82. The Hall–Kier alpha value is -5.40. The van der Waals surface area contributed by atoms with Gasteiger partial charge in [0.15, 0.2) is 0 Å². The minimum absolute atomic E-state index is 0.000860. The van der Waals surface area contributed by atoms with Gasteiger partial charge in [-0.3, -0.25) is 9.59 Å². The molecule has 0 unspecified atom stereocenters. The third-order valence-corrected chi connectivity index (χ3v) is 8.62. The Morgan fingerprint density at radius 2 is 1.70 bits per heavy atom. The zero-order valence-corrected chi connectivity index (χ0v) is 25.7. The monoisotopic (exact) mass is 637 g/mol. The molecule has 0 atom stereocenters. The number of carboxylic acid groups (broad SMARTS) is 1. The van der Waals surface area contributed by atoms with Crippen LogP contribution in [0.1, 0.15) is 28.4 Å². The number of fused-ring (bicyclic) bond motifs is 2. The van der Waals surface area contributed by atoms with Gasteiger partial charge in [0.25, 0.3) is 5.91 Å². The normalized spacial score (nSPS) is 13.7. The van der Waals surface area contributed by atoms with Crippen LogP contribution < -0.4 is 10.3 Å². The number of hydrogen-bond acceptors (Lipinski definition) is 5. The van der Waals surface area contributed by atoms with Gasteiger partial charge in [0.2, 0.25) is 5.43 Å². The molecule has 2 aromatic heterocycles. The molecule has 0 bridgehead atoms. The van der Waals surface area contributed by atoms with E-state index in [9.17, 15) is 24.8 Å². The van der Waals surface area contributed by atoms with E-state index in [2.05, 4.69) is 10.6 Å². The van der Waals surface area contributed by atoms with Crippen molar-refractivity contribution in [3.05, 3.63) is 116 Å². The van der Waals surface area contributed by atoms with Gasteiger partial charge in [-0.15, -0.1) is 0 Å². The first-order valence-corrected chi connectivity index (χ1v) is 15.1. The zero-order chi connectivity index (χ0) is 32.5. The molecule has 9 nitrogen and oxygen atoms in total. The summed E-state index contributed by atoms with van der Waals surface area (Å²) in [4.78, 5) is 41.2. The van der Waals surface area contributed by atoms with E-state index >= 15 is 4.39 Å². The van der Waals surface area contributed by atoms with Crippen LogP contribution in [-0.2, 0) is 17.9 Å². The lowest BCUT2D eigenvalue weighted by Crippen LogP contribution is -2.49. The van der Waals surface area contributed by atoms with Crippen molar-refractivity contribution in [1.29, 1.82) is 5.26 Å². The largest absolute Gasteiger partial charge is 0.477 e. The Labute approximate surface area is 268 Å². The van der Waals surface area contributed by atoms with Crippen molar-refractivity contribution >= 4 is 57.0 Å². The summed E-state index contributed by atoms with van der Waals surface area (Å²) in [6, 6.07) is 20.1. The predicted octanol–water partition coefficient (Wildman–Crippen LogP) is 5.77. The fourth-order valence-electron chi connectivity index (χ4n) is 5.98. The quantitative estimate of drug-likeness (QED) is 0.179. The number of hydrogen-bond donors (Lipinski definition) is 1. The number of carboxylic acids is 1. The number of aromatic carboxylic acids is 1. The van der Waals surface area contributed by atoms with Crippen LogP contribution in [0.25, 0.3) is 27.9 Å². The number of benzene rings is 3. The molecule has 0 radical (unpaired) electrons. The minimum Gasteiger partial charge on any atom is -0.477 e. The maximum atomic E-state index is 15.3. The smallest absolute Gasteiger partial charge is 0.341 e. The van der Waals surface area contributed by atoms with Crippen LogP contribution in [0.15, 0.2) is 83.4 Å². The van der Waals surface area contributed by atoms with Gasteiger partial charge in [-0.2, -0.15) is 5.26 Å². The van der Waals surface area contributed by atoms with E-state index in [1.54, 1.807) is 33.4 Å². The lowest BCUT2D eigenvalue weighted by molar-refractivity contribution is -0.126. The molecule has 0 spiro atoms. The molecule has 1 aliphatic heterocycles. The number of anilines is 1. The van der Waals surface area contributed by atoms with Crippen molar-refractivity contribution in [2.45, 2.75) is 20.0 Å². The van der Waals surface area contributed by atoms with Gasteiger partial charge in [0, 0.05) is 78.5 Å². The van der Waals surface area contributed by atoms with Gasteiger partial charge in [-0.25, -0.2) is 9.18 Å². The van der Waals surface area contributed by atoms with Crippen LogP contribution in [0.3, 0.4) is 0 Å². The summed E-state index contributed by atoms with van der Waals surface area (Å²) in [5, 5.41) is 21.0. The molecule has 0 aliphatic carbocycles. The van der Waals surface area contributed by atoms with Gasteiger partial charge in [-0.1, -0.05) is 41.9 Å². The number of nitriles is 1. The molecule has 3 aromatic carbocycles. The predicted molar refractivity (Wildman–Crippen MR) is 176 cm³/mol. The second kappa shape index (κ2) is 12.5. The average molecular weight is 638 g/mol. The van der Waals surface area contributed by atoms with Crippen LogP contribution in [0.2, 0.25) is 5.02 Å².